The highest BCUT2D eigenvalue weighted by molar-refractivity contribution is 5.28. The molecule has 1 rings (SSSR count). The molecule has 0 aromatic carbocycles. The van der Waals surface area contributed by atoms with Crippen molar-refractivity contribution in [2.45, 2.75) is 85.1 Å². The summed E-state index contributed by atoms with van der Waals surface area (Å²) in [5.74, 6) is 1.05. The number of aromatic nitrogens is 2. The minimum Gasteiger partial charge on any atom is -0.356 e. The number of hydrogen-bond acceptors (Lipinski definition) is 2. The van der Waals surface area contributed by atoms with Crippen molar-refractivity contribution in [1.82, 2.24) is 9.55 Å². The van der Waals surface area contributed by atoms with Gasteiger partial charge in [0.25, 0.3) is 0 Å². The van der Waals surface area contributed by atoms with Crippen molar-refractivity contribution >= 4 is 5.95 Å². The molecule has 3 nitrogen and oxygen atoms in total. The quantitative estimate of drug-likeness (QED) is 0.536. The molecule has 0 bridgehead atoms. The molecule has 0 spiro atoms. The average molecular weight is 279 g/mol. The van der Waals surface area contributed by atoms with Gasteiger partial charge in [-0.25, -0.2) is 4.98 Å². The molecule has 0 aliphatic carbocycles. The number of imidazole rings is 1. The van der Waals surface area contributed by atoms with Gasteiger partial charge < -0.3 is 9.88 Å². The largest absolute Gasteiger partial charge is 0.356 e. The smallest absolute Gasteiger partial charge is 0.203 e. The van der Waals surface area contributed by atoms with Crippen LogP contribution >= 0.6 is 0 Å². The van der Waals surface area contributed by atoms with Crippen LogP contribution in [0.15, 0.2) is 6.20 Å². The fourth-order valence-electron chi connectivity index (χ4n) is 2.51. The summed E-state index contributed by atoms with van der Waals surface area (Å²) in [6, 6.07) is 0. The van der Waals surface area contributed by atoms with E-state index in [0.717, 1.165) is 31.2 Å². The Bertz CT molecular complexity index is 344. The van der Waals surface area contributed by atoms with Gasteiger partial charge in [-0.15, -0.1) is 0 Å². The third-order valence-electron chi connectivity index (χ3n) is 3.68. The molecule has 1 N–H and O–H groups in total. The van der Waals surface area contributed by atoms with Crippen LogP contribution in [-0.4, -0.2) is 16.1 Å². The Morgan fingerprint density at radius 1 is 0.950 bits per heavy atom. The van der Waals surface area contributed by atoms with Crippen LogP contribution in [0.2, 0.25) is 0 Å². The molecule has 0 saturated heterocycles. The van der Waals surface area contributed by atoms with E-state index < -0.39 is 0 Å². The Balaban J connectivity index is 2.14. The summed E-state index contributed by atoms with van der Waals surface area (Å²) in [5, 5.41) is 3.41. The molecule has 116 valence electrons. The van der Waals surface area contributed by atoms with Crippen molar-refractivity contribution in [3.8, 4) is 0 Å². The Morgan fingerprint density at radius 2 is 1.60 bits per heavy atom. The predicted octanol–water partition coefficient (Wildman–Crippen LogP) is 5.15. The van der Waals surface area contributed by atoms with Crippen LogP contribution in [0.3, 0.4) is 0 Å². The average Bonchev–Trinajstić information content (AvgIpc) is 2.79. The van der Waals surface area contributed by atoms with Crippen LogP contribution < -0.4 is 5.32 Å². The first-order valence-electron chi connectivity index (χ1n) is 8.55. The number of anilines is 1. The summed E-state index contributed by atoms with van der Waals surface area (Å²) >= 11 is 0. The normalized spacial score (nSPS) is 10.9. The third kappa shape index (κ3) is 6.97. The maximum absolute atomic E-state index is 4.55. The van der Waals surface area contributed by atoms with Crippen LogP contribution in [-0.2, 0) is 6.54 Å². The lowest BCUT2D eigenvalue weighted by Crippen LogP contribution is -2.08. The Kier molecular flexibility index (Phi) is 9.18. The molecule has 0 amide bonds. The van der Waals surface area contributed by atoms with E-state index in [0.29, 0.717) is 0 Å². The maximum Gasteiger partial charge on any atom is 0.203 e. The van der Waals surface area contributed by atoms with Gasteiger partial charge in [-0.05, 0) is 19.8 Å². The van der Waals surface area contributed by atoms with Gasteiger partial charge in [0, 0.05) is 19.3 Å². The van der Waals surface area contributed by atoms with Gasteiger partial charge in [-0.2, -0.15) is 0 Å². The first-order valence-corrected chi connectivity index (χ1v) is 8.55. The van der Waals surface area contributed by atoms with Crippen molar-refractivity contribution in [1.29, 1.82) is 0 Å². The van der Waals surface area contributed by atoms with Crippen LogP contribution in [0.1, 0.15) is 77.3 Å². The summed E-state index contributed by atoms with van der Waals surface area (Å²) < 4.78 is 2.28. The zero-order valence-electron chi connectivity index (χ0n) is 13.7. The van der Waals surface area contributed by atoms with Crippen molar-refractivity contribution in [3.05, 3.63) is 11.9 Å². The third-order valence-corrected chi connectivity index (χ3v) is 3.68. The van der Waals surface area contributed by atoms with E-state index in [1.165, 1.54) is 51.4 Å². The minimum absolute atomic E-state index is 1.01. The number of nitrogens with zero attached hydrogens (tertiary/aromatic N) is 2. The topological polar surface area (TPSA) is 29.9 Å². The molecule has 1 aromatic rings. The van der Waals surface area contributed by atoms with Gasteiger partial charge in [0.1, 0.15) is 0 Å². The molecule has 1 aromatic heterocycles. The van der Waals surface area contributed by atoms with Crippen molar-refractivity contribution in [2.75, 3.05) is 11.9 Å². The molecular weight excluding hydrogens is 246 g/mol. The van der Waals surface area contributed by atoms with Crippen molar-refractivity contribution < 1.29 is 0 Å². The van der Waals surface area contributed by atoms with E-state index >= 15 is 0 Å². The summed E-state index contributed by atoms with van der Waals surface area (Å²) in [6.45, 7) is 8.64. The maximum atomic E-state index is 4.55. The van der Waals surface area contributed by atoms with Crippen molar-refractivity contribution in [2.24, 2.45) is 0 Å². The van der Waals surface area contributed by atoms with Gasteiger partial charge in [-0.1, -0.05) is 58.8 Å². The molecular formula is C17H33N3. The summed E-state index contributed by atoms with van der Waals surface area (Å²) in [5.41, 5.74) is 1.11. The molecule has 20 heavy (non-hydrogen) atoms. The first-order chi connectivity index (χ1) is 9.77. The van der Waals surface area contributed by atoms with Crippen LogP contribution in [0.5, 0.6) is 0 Å². The molecule has 0 unspecified atom stereocenters. The van der Waals surface area contributed by atoms with Gasteiger partial charge in [0.05, 0.1) is 5.69 Å². The zero-order valence-corrected chi connectivity index (χ0v) is 13.7. The summed E-state index contributed by atoms with van der Waals surface area (Å²) in [6.07, 6.45) is 14.3. The lowest BCUT2D eigenvalue weighted by molar-refractivity contribution is 0.545. The van der Waals surface area contributed by atoms with E-state index in [-0.39, 0.29) is 0 Å². The number of unbranched alkanes of at least 4 members (excludes halogenated alkanes) is 7. The monoisotopic (exact) mass is 279 g/mol. The Labute approximate surface area is 125 Å². The van der Waals surface area contributed by atoms with E-state index in [9.17, 15) is 0 Å². The minimum atomic E-state index is 1.01. The van der Waals surface area contributed by atoms with Crippen molar-refractivity contribution in [3.63, 3.8) is 0 Å². The molecule has 0 aliphatic heterocycles. The molecule has 3 heteroatoms. The molecule has 0 saturated carbocycles. The van der Waals surface area contributed by atoms with E-state index in [1.807, 2.05) is 0 Å². The summed E-state index contributed by atoms with van der Waals surface area (Å²) in [7, 11) is 0. The Morgan fingerprint density at radius 3 is 2.25 bits per heavy atom. The molecule has 0 radical (unpaired) electrons. The SMILES string of the molecule is CCCCCCCCCCn1cc(C)nc1NCCC. The first kappa shape index (κ1) is 17.1. The van der Waals surface area contributed by atoms with E-state index in [1.54, 1.807) is 0 Å². The fraction of sp³-hybridized carbons (Fsp3) is 0.824. The standard InChI is InChI=1S/C17H33N3/c1-4-6-7-8-9-10-11-12-14-20-15-16(3)19-17(20)18-13-5-2/h15H,4-14H2,1-3H3,(H,18,19). The molecule has 0 fully saturated rings. The van der Waals surface area contributed by atoms with Crippen LogP contribution in [0.4, 0.5) is 5.95 Å². The Hall–Kier alpha value is -0.990. The van der Waals surface area contributed by atoms with Gasteiger partial charge in [-0.3, -0.25) is 0 Å². The van der Waals surface area contributed by atoms with Crippen LogP contribution in [0, 0.1) is 6.92 Å². The highest BCUT2D eigenvalue weighted by Gasteiger charge is 2.04. The highest BCUT2D eigenvalue weighted by atomic mass is 15.2. The zero-order chi connectivity index (χ0) is 14.6. The summed E-state index contributed by atoms with van der Waals surface area (Å²) in [4.78, 5) is 4.55. The second-order valence-corrected chi connectivity index (χ2v) is 5.80. The molecule has 1 heterocycles. The van der Waals surface area contributed by atoms with Gasteiger partial charge in [0.2, 0.25) is 5.95 Å². The highest BCUT2D eigenvalue weighted by Crippen LogP contribution is 2.12. The number of rotatable bonds is 12. The lowest BCUT2D eigenvalue weighted by Gasteiger charge is -2.08. The van der Waals surface area contributed by atoms with E-state index in [2.05, 4.69) is 41.8 Å². The number of nitrogens with one attached hydrogen (secondary N) is 1. The van der Waals surface area contributed by atoms with Gasteiger partial charge in [0.15, 0.2) is 0 Å². The second kappa shape index (κ2) is 10.8. The number of aryl methyl sites for hydroxylation is 2. The van der Waals surface area contributed by atoms with Gasteiger partial charge >= 0.3 is 0 Å². The second-order valence-electron chi connectivity index (χ2n) is 5.80. The molecule has 0 atom stereocenters. The predicted molar refractivity (Wildman–Crippen MR) is 88.4 cm³/mol. The van der Waals surface area contributed by atoms with E-state index in [4.69, 9.17) is 0 Å². The molecule has 0 aliphatic rings. The fourth-order valence-corrected chi connectivity index (χ4v) is 2.51. The van der Waals surface area contributed by atoms with Crippen LogP contribution in [0.25, 0.3) is 0 Å². The number of hydrogen-bond donors (Lipinski definition) is 1. The lowest BCUT2D eigenvalue weighted by atomic mass is 10.1.